The fraction of sp³-hybridized carbons (Fsp3) is 0. The summed E-state index contributed by atoms with van der Waals surface area (Å²) in [6, 6.07) is 53.3. The Morgan fingerprint density at radius 2 is 1.04 bits per heavy atom. The molecule has 0 aliphatic rings. The Morgan fingerprint density at radius 1 is 0.480 bits per heavy atom. The lowest BCUT2D eigenvalue weighted by atomic mass is 9.98. The van der Waals surface area contributed by atoms with Crippen LogP contribution < -0.4 is 0 Å². The molecule has 2 aromatic heterocycles. The molecular weight excluding hydrogens is 611 g/mol. The lowest BCUT2D eigenvalue weighted by Gasteiger charge is -2.16. The van der Waals surface area contributed by atoms with Gasteiger partial charge in [0.15, 0.2) is 0 Å². The van der Waals surface area contributed by atoms with Crippen molar-refractivity contribution in [3.05, 3.63) is 180 Å². The third kappa shape index (κ3) is 4.31. The first-order valence-electron chi connectivity index (χ1n) is 16.2. The van der Waals surface area contributed by atoms with Crippen molar-refractivity contribution in [2.75, 3.05) is 0 Å². The number of para-hydroxylation sites is 4. The van der Waals surface area contributed by atoms with Gasteiger partial charge in [0.25, 0.3) is 0 Å². The number of hydrogen-bond donors (Lipinski definition) is 0. The van der Waals surface area contributed by atoms with Crippen LogP contribution in [0, 0.1) is 24.5 Å². The number of aromatic nitrogens is 2. The molecule has 0 amide bonds. The smallest absolute Gasteiger partial charge is 0.211 e. The van der Waals surface area contributed by atoms with Crippen molar-refractivity contribution >= 4 is 55.0 Å². The maximum atomic E-state index is 9.55. The molecule has 5 heteroatoms. The molecular formula is C45H25N5. The number of benzene rings is 7. The second-order valence-electron chi connectivity index (χ2n) is 12.2. The van der Waals surface area contributed by atoms with Gasteiger partial charge in [-0.1, -0.05) is 109 Å². The Morgan fingerprint density at radius 3 is 1.70 bits per heavy atom. The molecule has 0 saturated carbocycles. The van der Waals surface area contributed by atoms with E-state index in [1.165, 1.54) is 0 Å². The molecule has 0 radical (unpaired) electrons. The third-order valence-corrected chi connectivity index (χ3v) is 9.61. The minimum absolute atomic E-state index is 0.569. The number of fused-ring (bicyclic) bond motifs is 6. The maximum Gasteiger partial charge on any atom is 0.211 e. The molecule has 9 aromatic rings. The molecule has 0 bridgehead atoms. The van der Waals surface area contributed by atoms with E-state index in [9.17, 15) is 5.26 Å². The molecule has 0 saturated heterocycles. The summed E-state index contributed by atoms with van der Waals surface area (Å²) in [6.07, 6.45) is 0. The topological polar surface area (TPSA) is 42.4 Å². The van der Waals surface area contributed by atoms with Gasteiger partial charge in [-0.15, -0.1) is 0 Å². The molecule has 2 heterocycles. The van der Waals surface area contributed by atoms with Crippen molar-refractivity contribution in [3.63, 3.8) is 0 Å². The van der Waals surface area contributed by atoms with Crippen LogP contribution >= 0.6 is 0 Å². The van der Waals surface area contributed by atoms with Crippen molar-refractivity contribution in [1.82, 2.24) is 9.13 Å². The van der Waals surface area contributed by atoms with E-state index < -0.39 is 0 Å². The van der Waals surface area contributed by atoms with Crippen LogP contribution in [-0.2, 0) is 0 Å². The summed E-state index contributed by atoms with van der Waals surface area (Å²) in [6.45, 7) is 15.9. The summed E-state index contributed by atoms with van der Waals surface area (Å²) in [5.41, 5.74) is 11.7. The van der Waals surface area contributed by atoms with Gasteiger partial charge in [0.2, 0.25) is 11.4 Å². The molecule has 9 rings (SSSR count). The minimum atomic E-state index is 0.569. The highest BCUT2D eigenvalue weighted by Crippen LogP contribution is 2.42. The Kier molecular flexibility index (Phi) is 6.56. The Balaban J connectivity index is 1.13. The van der Waals surface area contributed by atoms with Crippen LogP contribution in [0.3, 0.4) is 0 Å². The fourth-order valence-electron chi connectivity index (χ4n) is 7.38. The van der Waals surface area contributed by atoms with E-state index in [0.29, 0.717) is 16.9 Å². The fourth-order valence-corrected chi connectivity index (χ4v) is 7.38. The van der Waals surface area contributed by atoms with Gasteiger partial charge in [-0.25, -0.2) is 9.69 Å². The highest BCUT2D eigenvalue weighted by molar-refractivity contribution is 6.14. The molecule has 7 aromatic carbocycles. The monoisotopic (exact) mass is 635 g/mol. The number of nitrogens with zero attached hydrogens (tertiary/aromatic N) is 5. The molecule has 0 aliphatic heterocycles. The van der Waals surface area contributed by atoms with E-state index in [-0.39, 0.29) is 0 Å². The van der Waals surface area contributed by atoms with E-state index in [1.807, 2.05) is 60.7 Å². The zero-order valence-electron chi connectivity index (χ0n) is 26.7. The minimum Gasteiger partial charge on any atom is -0.319 e. The van der Waals surface area contributed by atoms with Gasteiger partial charge in [-0.2, -0.15) is 5.26 Å². The van der Waals surface area contributed by atoms with Crippen molar-refractivity contribution in [2.24, 2.45) is 0 Å². The Bertz CT molecular complexity index is 2890. The zero-order valence-corrected chi connectivity index (χ0v) is 26.7. The van der Waals surface area contributed by atoms with Crippen LogP contribution in [-0.4, -0.2) is 9.13 Å². The summed E-state index contributed by atoms with van der Waals surface area (Å²) >= 11 is 0. The van der Waals surface area contributed by atoms with Crippen LogP contribution in [0.4, 0.5) is 11.4 Å². The first kappa shape index (κ1) is 28.8. The van der Waals surface area contributed by atoms with E-state index >= 15 is 0 Å². The third-order valence-electron chi connectivity index (χ3n) is 9.61. The van der Waals surface area contributed by atoms with Crippen LogP contribution in [0.5, 0.6) is 0 Å². The van der Waals surface area contributed by atoms with Gasteiger partial charge in [-0.05, 0) is 70.1 Å². The van der Waals surface area contributed by atoms with Gasteiger partial charge in [0.05, 0.1) is 52.5 Å². The predicted molar refractivity (Wildman–Crippen MR) is 203 cm³/mol. The average molecular weight is 636 g/mol. The summed E-state index contributed by atoms with van der Waals surface area (Å²) < 4.78 is 4.35. The van der Waals surface area contributed by atoms with E-state index in [4.69, 9.17) is 13.1 Å². The summed E-state index contributed by atoms with van der Waals surface area (Å²) in [5, 5.41) is 13.8. The first-order valence-corrected chi connectivity index (χ1v) is 16.2. The van der Waals surface area contributed by atoms with E-state index in [1.54, 1.807) is 0 Å². The van der Waals surface area contributed by atoms with Crippen LogP contribution in [0.1, 0.15) is 5.56 Å². The number of nitriles is 1. The second-order valence-corrected chi connectivity index (χ2v) is 12.2. The van der Waals surface area contributed by atoms with Crippen LogP contribution in [0.2, 0.25) is 0 Å². The first-order chi connectivity index (χ1) is 24.7. The molecule has 0 unspecified atom stereocenters. The van der Waals surface area contributed by atoms with Gasteiger partial charge in [0, 0.05) is 21.8 Å². The van der Waals surface area contributed by atoms with Crippen molar-refractivity contribution in [1.29, 1.82) is 5.26 Å². The van der Waals surface area contributed by atoms with Gasteiger partial charge >= 0.3 is 0 Å². The molecule has 0 spiro atoms. The summed E-state index contributed by atoms with van der Waals surface area (Å²) in [5.74, 6) is 0. The van der Waals surface area contributed by atoms with E-state index in [2.05, 4.69) is 116 Å². The Hall–Kier alpha value is -7.39. The lowest BCUT2D eigenvalue weighted by Crippen LogP contribution is -1.97. The molecule has 0 aliphatic carbocycles. The van der Waals surface area contributed by atoms with Gasteiger partial charge in [-0.3, -0.25) is 0 Å². The highest BCUT2D eigenvalue weighted by Gasteiger charge is 2.19. The lowest BCUT2D eigenvalue weighted by molar-refractivity contribution is 1.18. The standard InChI is InChI=1S/C45H25N5/c1-47-39-13-7-11-34(44(39)50-41-15-5-3-9-35(41)36-10-4-6-16-42(36)50)32-20-18-30(19-21-32)31-22-24-33(25-23-31)49-43-26-17-29(28-46)27-38(43)37-12-8-14-40(48-2)45(37)49/h3-27H. The molecule has 0 fully saturated rings. The maximum absolute atomic E-state index is 9.55. The van der Waals surface area contributed by atoms with Crippen molar-refractivity contribution in [2.45, 2.75) is 0 Å². The number of hydrogen-bond acceptors (Lipinski definition) is 1. The normalized spacial score (nSPS) is 11.1. The average Bonchev–Trinajstić information content (AvgIpc) is 3.70. The quantitative estimate of drug-likeness (QED) is 0.177. The highest BCUT2D eigenvalue weighted by atomic mass is 15.0. The molecule has 50 heavy (non-hydrogen) atoms. The number of rotatable bonds is 4. The SMILES string of the molecule is [C-]#[N+]c1cccc(-c2ccc(-c3ccc(-n4c5ccc(C#N)cc5c5cccc([N+]#[C-])c54)cc3)cc2)c1-n1c2ccccc2c2ccccc21. The predicted octanol–water partition coefficient (Wildman–Crippen LogP) is 12.2. The van der Waals surface area contributed by atoms with Crippen LogP contribution in [0.25, 0.3) is 86.9 Å². The largest absolute Gasteiger partial charge is 0.319 e. The van der Waals surface area contributed by atoms with Crippen molar-refractivity contribution < 1.29 is 0 Å². The second kappa shape index (κ2) is 11.4. The van der Waals surface area contributed by atoms with Crippen molar-refractivity contribution in [3.8, 4) is 39.7 Å². The summed E-state index contributed by atoms with van der Waals surface area (Å²) in [4.78, 5) is 7.81. The van der Waals surface area contributed by atoms with Gasteiger partial charge < -0.3 is 9.13 Å². The molecule has 0 atom stereocenters. The van der Waals surface area contributed by atoms with Gasteiger partial charge in [0.1, 0.15) is 0 Å². The molecule has 5 nitrogen and oxygen atoms in total. The Labute approximate surface area is 288 Å². The van der Waals surface area contributed by atoms with E-state index in [0.717, 1.165) is 77.2 Å². The summed E-state index contributed by atoms with van der Waals surface area (Å²) in [7, 11) is 0. The van der Waals surface area contributed by atoms with Crippen LogP contribution in [0.15, 0.2) is 152 Å². The molecule has 0 N–H and O–H groups in total. The zero-order chi connectivity index (χ0) is 33.8. The molecule has 230 valence electrons.